The molecular formula is C20H31N3O2. The summed E-state index contributed by atoms with van der Waals surface area (Å²) in [6.07, 6.45) is 4.76. The third kappa shape index (κ3) is 4.39. The molecule has 1 unspecified atom stereocenters. The number of amides is 1. The minimum atomic E-state index is 0.171. The van der Waals surface area contributed by atoms with E-state index in [1.807, 2.05) is 23.1 Å². The maximum atomic E-state index is 12.3. The first-order chi connectivity index (χ1) is 12.0. The van der Waals surface area contributed by atoms with Gasteiger partial charge in [-0.25, -0.2) is 0 Å². The molecule has 1 atom stereocenters. The van der Waals surface area contributed by atoms with E-state index < -0.39 is 0 Å². The van der Waals surface area contributed by atoms with Gasteiger partial charge in [-0.1, -0.05) is 19.9 Å². The molecule has 1 aromatic heterocycles. The summed E-state index contributed by atoms with van der Waals surface area (Å²) in [4.78, 5) is 21.1. The molecule has 2 aliphatic heterocycles. The Bertz CT molecular complexity index is 570. The van der Waals surface area contributed by atoms with Crippen molar-refractivity contribution in [3.05, 3.63) is 30.1 Å². The number of rotatable bonds is 6. The van der Waals surface area contributed by atoms with Crippen LogP contribution in [0, 0.1) is 11.8 Å². The Kier molecular flexibility index (Phi) is 5.74. The second kappa shape index (κ2) is 7.83. The van der Waals surface area contributed by atoms with Crippen LogP contribution < -0.4 is 0 Å². The van der Waals surface area contributed by atoms with Gasteiger partial charge in [0.15, 0.2) is 0 Å². The van der Waals surface area contributed by atoms with Crippen molar-refractivity contribution in [2.75, 3.05) is 33.3 Å². The Hall–Kier alpha value is -1.46. The number of likely N-dealkylation sites (N-methyl/N-ethyl adjacent to an activating group) is 1. The van der Waals surface area contributed by atoms with Gasteiger partial charge in [-0.2, -0.15) is 0 Å². The summed E-state index contributed by atoms with van der Waals surface area (Å²) in [5.74, 6) is 1.31. The van der Waals surface area contributed by atoms with Gasteiger partial charge in [-0.15, -0.1) is 0 Å². The van der Waals surface area contributed by atoms with Crippen LogP contribution in [0.2, 0.25) is 0 Å². The predicted molar refractivity (Wildman–Crippen MR) is 98.0 cm³/mol. The van der Waals surface area contributed by atoms with E-state index in [0.29, 0.717) is 30.8 Å². The Balaban J connectivity index is 1.47. The fourth-order valence-electron chi connectivity index (χ4n) is 4.05. The summed E-state index contributed by atoms with van der Waals surface area (Å²) < 4.78 is 5.92. The minimum Gasteiger partial charge on any atom is -0.375 e. The number of aromatic nitrogens is 1. The van der Waals surface area contributed by atoms with E-state index in [9.17, 15) is 4.79 Å². The number of nitrogens with zero attached hydrogens (tertiary/aromatic N) is 3. The second-order valence-electron chi connectivity index (χ2n) is 8.19. The van der Waals surface area contributed by atoms with Gasteiger partial charge in [0.1, 0.15) is 0 Å². The topological polar surface area (TPSA) is 45.7 Å². The maximum Gasteiger partial charge on any atom is 0.222 e. The van der Waals surface area contributed by atoms with E-state index in [-0.39, 0.29) is 5.54 Å². The van der Waals surface area contributed by atoms with Crippen LogP contribution in [0.3, 0.4) is 0 Å². The van der Waals surface area contributed by atoms with Crippen LogP contribution in [0.4, 0.5) is 0 Å². The standard InChI is InChI=1S/C20H31N3O2/c1-16(2)10-19(24)23-14-20(15-23)11-17(7-9-22(20)3)12-25-13-18-6-4-5-8-21-18/h4-6,8,16-17H,7,9-15H2,1-3H3. The largest absolute Gasteiger partial charge is 0.375 e. The van der Waals surface area contributed by atoms with E-state index in [0.717, 1.165) is 38.4 Å². The zero-order valence-electron chi connectivity index (χ0n) is 15.8. The molecule has 0 aromatic carbocycles. The number of pyridine rings is 1. The minimum absolute atomic E-state index is 0.171. The van der Waals surface area contributed by atoms with Crippen LogP contribution in [-0.2, 0) is 16.1 Å². The van der Waals surface area contributed by atoms with Crippen LogP contribution in [0.15, 0.2) is 24.4 Å². The lowest BCUT2D eigenvalue weighted by atomic mass is 9.75. The molecular weight excluding hydrogens is 314 g/mol. The quantitative estimate of drug-likeness (QED) is 0.795. The highest BCUT2D eigenvalue weighted by atomic mass is 16.5. The second-order valence-corrected chi connectivity index (χ2v) is 8.19. The third-order valence-corrected chi connectivity index (χ3v) is 5.59. The van der Waals surface area contributed by atoms with Crippen LogP contribution in [0.5, 0.6) is 0 Å². The molecule has 3 rings (SSSR count). The molecule has 1 aromatic rings. The molecule has 5 nitrogen and oxygen atoms in total. The number of hydrogen-bond acceptors (Lipinski definition) is 4. The number of ether oxygens (including phenoxy) is 1. The van der Waals surface area contributed by atoms with E-state index in [1.165, 1.54) is 6.42 Å². The molecule has 5 heteroatoms. The van der Waals surface area contributed by atoms with Crippen LogP contribution in [0.1, 0.15) is 38.8 Å². The fourth-order valence-corrected chi connectivity index (χ4v) is 4.05. The van der Waals surface area contributed by atoms with Crippen molar-refractivity contribution in [3.63, 3.8) is 0 Å². The third-order valence-electron chi connectivity index (χ3n) is 5.59. The zero-order chi connectivity index (χ0) is 17.9. The molecule has 2 fully saturated rings. The van der Waals surface area contributed by atoms with Crippen molar-refractivity contribution in [2.45, 2.75) is 45.3 Å². The molecule has 0 saturated carbocycles. The van der Waals surface area contributed by atoms with Crippen molar-refractivity contribution in [3.8, 4) is 0 Å². The van der Waals surface area contributed by atoms with Gasteiger partial charge < -0.3 is 9.64 Å². The van der Waals surface area contributed by atoms with Crippen LogP contribution in [-0.4, -0.2) is 59.5 Å². The van der Waals surface area contributed by atoms with Crippen molar-refractivity contribution in [1.29, 1.82) is 0 Å². The van der Waals surface area contributed by atoms with Crippen molar-refractivity contribution >= 4 is 5.91 Å². The van der Waals surface area contributed by atoms with Gasteiger partial charge in [0, 0.05) is 25.7 Å². The van der Waals surface area contributed by atoms with Gasteiger partial charge >= 0.3 is 0 Å². The first-order valence-corrected chi connectivity index (χ1v) is 9.45. The molecule has 2 saturated heterocycles. The number of likely N-dealkylation sites (tertiary alicyclic amines) is 2. The smallest absolute Gasteiger partial charge is 0.222 e. The van der Waals surface area contributed by atoms with Crippen molar-refractivity contribution < 1.29 is 9.53 Å². The summed E-state index contributed by atoms with van der Waals surface area (Å²) in [5, 5.41) is 0. The Labute approximate surface area is 151 Å². The van der Waals surface area contributed by atoms with Crippen molar-refractivity contribution in [2.24, 2.45) is 11.8 Å². The van der Waals surface area contributed by atoms with E-state index in [1.54, 1.807) is 6.20 Å². The molecule has 0 aliphatic carbocycles. The van der Waals surface area contributed by atoms with Crippen LogP contribution >= 0.6 is 0 Å². The average molecular weight is 345 g/mol. The summed E-state index contributed by atoms with van der Waals surface area (Å²) in [6, 6.07) is 5.92. The maximum absolute atomic E-state index is 12.3. The fraction of sp³-hybridized carbons (Fsp3) is 0.700. The molecule has 0 radical (unpaired) electrons. The Morgan fingerprint density at radius 2 is 2.20 bits per heavy atom. The highest BCUT2D eigenvalue weighted by molar-refractivity contribution is 5.77. The van der Waals surface area contributed by atoms with E-state index >= 15 is 0 Å². The molecule has 3 heterocycles. The van der Waals surface area contributed by atoms with Gasteiger partial charge in [0.25, 0.3) is 0 Å². The Morgan fingerprint density at radius 1 is 1.40 bits per heavy atom. The van der Waals surface area contributed by atoms with Crippen molar-refractivity contribution in [1.82, 2.24) is 14.8 Å². The normalized spacial score (nSPS) is 23.0. The lowest BCUT2D eigenvalue weighted by molar-refractivity contribution is -0.152. The number of piperidine rings is 1. The van der Waals surface area contributed by atoms with Gasteiger partial charge in [-0.3, -0.25) is 14.7 Å². The molecule has 138 valence electrons. The molecule has 2 aliphatic rings. The summed E-state index contributed by atoms with van der Waals surface area (Å²) in [6.45, 7) is 8.43. The molecule has 1 spiro atoms. The monoisotopic (exact) mass is 345 g/mol. The molecule has 1 amide bonds. The number of hydrogen-bond donors (Lipinski definition) is 0. The van der Waals surface area contributed by atoms with Gasteiger partial charge in [0.2, 0.25) is 5.91 Å². The Morgan fingerprint density at radius 3 is 2.88 bits per heavy atom. The highest BCUT2D eigenvalue weighted by Crippen LogP contribution is 2.38. The number of carbonyl (C=O) groups is 1. The van der Waals surface area contributed by atoms with Crippen LogP contribution in [0.25, 0.3) is 0 Å². The first kappa shape index (κ1) is 18.3. The predicted octanol–water partition coefficient (Wildman–Crippen LogP) is 2.57. The zero-order valence-corrected chi connectivity index (χ0v) is 15.8. The average Bonchev–Trinajstić information content (AvgIpc) is 2.54. The van der Waals surface area contributed by atoms with Gasteiger partial charge in [-0.05, 0) is 50.4 Å². The molecule has 0 N–H and O–H groups in total. The highest BCUT2D eigenvalue weighted by Gasteiger charge is 2.50. The summed E-state index contributed by atoms with van der Waals surface area (Å²) in [5.41, 5.74) is 1.16. The lowest BCUT2D eigenvalue weighted by Crippen LogP contribution is -2.72. The van der Waals surface area contributed by atoms with E-state index in [2.05, 4.69) is 30.8 Å². The lowest BCUT2D eigenvalue weighted by Gasteiger charge is -2.58. The van der Waals surface area contributed by atoms with E-state index in [4.69, 9.17) is 4.74 Å². The molecule has 0 bridgehead atoms. The summed E-state index contributed by atoms with van der Waals surface area (Å²) in [7, 11) is 2.20. The molecule has 25 heavy (non-hydrogen) atoms. The van der Waals surface area contributed by atoms with Gasteiger partial charge in [0.05, 0.1) is 24.4 Å². The SMILES string of the molecule is CC(C)CC(=O)N1CC2(CC(COCc3ccccn3)CCN2C)C1. The summed E-state index contributed by atoms with van der Waals surface area (Å²) >= 11 is 0. The first-order valence-electron chi connectivity index (χ1n) is 9.45. The number of carbonyl (C=O) groups excluding carboxylic acids is 1.